The summed E-state index contributed by atoms with van der Waals surface area (Å²) in [6.07, 6.45) is 3.15. The minimum absolute atomic E-state index is 0.0334. The van der Waals surface area contributed by atoms with Crippen LogP contribution in [0.1, 0.15) is 37.7 Å². The second kappa shape index (κ2) is 8.50. The van der Waals surface area contributed by atoms with E-state index in [0.29, 0.717) is 5.56 Å². The molecular formula is C20H23FN2O5. The lowest BCUT2D eigenvalue weighted by molar-refractivity contribution is -0.148. The molecule has 1 N–H and O–H groups in total. The van der Waals surface area contributed by atoms with Crippen molar-refractivity contribution in [1.29, 1.82) is 0 Å². The SMILES string of the molecule is Cc1ccc(NC(=O)COC(=O)CCN2C(=O)[C@H]3CCCC[C@H]3C2=O)cc1F. The fraction of sp³-hybridized carbons (Fsp3) is 0.500. The standard InChI is InChI=1S/C20H23FN2O5/c1-12-6-7-13(10-16(12)21)22-17(24)11-28-18(25)8-9-23-19(26)14-4-2-3-5-15(14)20(23)27/h6-7,10,14-15H,2-5,8-9,11H2,1H3,(H,22,24)/t14-,15+. The summed E-state index contributed by atoms with van der Waals surface area (Å²) in [6, 6.07) is 4.25. The van der Waals surface area contributed by atoms with Crippen LogP contribution in [-0.4, -0.2) is 41.7 Å². The van der Waals surface area contributed by atoms with E-state index in [4.69, 9.17) is 4.74 Å². The molecule has 1 aliphatic heterocycles. The van der Waals surface area contributed by atoms with Crippen molar-refractivity contribution in [2.75, 3.05) is 18.5 Å². The Labute approximate surface area is 162 Å². The molecule has 7 nitrogen and oxygen atoms in total. The number of fused-ring (bicyclic) bond motifs is 1. The maximum Gasteiger partial charge on any atom is 0.308 e. The largest absolute Gasteiger partial charge is 0.456 e. The molecule has 1 heterocycles. The van der Waals surface area contributed by atoms with Gasteiger partial charge in [-0.1, -0.05) is 18.9 Å². The number of aryl methyl sites for hydroxylation is 1. The number of hydrogen-bond donors (Lipinski definition) is 1. The van der Waals surface area contributed by atoms with Gasteiger partial charge in [-0.15, -0.1) is 0 Å². The number of imide groups is 1. The molecule has 3 rings (SSSR count). The van der Waals surface area contributed by atoms with Crippen LogP contribution in [0.2, 0.25) is 0 Å². The van der Waals surface area contributed by atoms with E-state index in [-0.39, 0.29) is 42.3 Å². The normalized spacial score (nSPS) is 21.4. The number of nitrogens with zero attached hydrogens (tertiary/aromatic N) is 1. The maximum atomic E-state index is 13.5. The van der Waals surface area contributed by atoms with Gasteiger partial charge in [0, 0.05) is 12.2 Å². The number of halogens is 1. The Bertz CT molecular complexity index is 786. The van der Waals surface area contributed by atoms with E-state index in [2.05, 4.69) is 5.32 Å². The number of ether oxygens (including phenoxy) is 1. The quantitative estimate of drug-likeness (QED) is 0.594. The second-order valence-electron chi connectivity index (χ2n) is 7.25. The molecule has 8 heteroatoms. The summed E-state index contributed by atoms with van der Waals surface area (Å²) < 4.78 is 18.4. The third-order valence-electron chi connectivity index (χ3n) is 5.29. The molecule has 0 aromatic heterocycles. The highest BCUT2D eigenvalue weighted by Gasteiger charge is 2.47. The first-order valence-electron chi connectivity index (χ1n) is 9.43. The lowest BCUT2D eigenvalue weighted by Crippen LogP contribution is -2.33. The molecule has 0 unspecified atom stereocenters. The summed E-state index contributed by atoms with van der Waals surface area (Å²) in [6.45, 7) is 1.04. The van der Waals surface area contributed by atoms with Crippen LogP contribution in [0.3, 0.4) is 0 Å². The van der Waals surface area contributed by atoms with Crippen LogP contribution in [0, 0.1) is 24.6 Å². The van der Waals surface area contributed by atoms with Gasteiger partial charge in [0.2, 0.25) is 11.8 Å². The zero-order valence-electron chi connectivity index (χ0n) is 15.7. The predicted octanol–water partition coefficient (Wildman–Crippen LogP) is 2.18. The Morgan fingerprint density at radius 1 is 1.18 bits per heavy atom. The zero-order chi connectivity index (χ0) is 20.3. The van der Waals surface area contributed by atoms with E-state index in [1.807, 2.05) is 0 Å². The molecule has 1 aromatic carbocycles. The molecule has 2 fully saturated rings. The van der Waals surface area contributed by atoms with Gasteiger partial charge in [0.25, 0.3) is 5.91 Å². The van der Waals surface area contributed by atoms with E-state index < -0.39 is 24.3 Å². The molecule has 1 aromatic rings. The fourth-order valence-electron chi connectivity index (χ4n) is 3.74. The number of rotatable bonds is 6. The van der Waals surface area contributed by atoms with Crippen molar-refractivity contribution in [3.05, 3.63) is 29.6 Å². The number of benzene rings is 1. The number of esters is 1. The molecule has 0 radical (unpaired) electrons. The number of carbonyl (C=O) groups is 4. The summed E-state index contributed by atoms with van der Waals surface area (Å²) in [5, 5.41) is 2.44. The first kappa shape index (κ1) is 20.0. The Balaban J connectivity index is 1.43. The number of likely N-dealkylation sites (tertiary alicyclic amines) is 1. The van der Waals surface area contributed by atoms with E-state index in [1.54, 1.807) is 13.0 Å². The molecular weight excluding hydrogens is 367 g/mol. The van der Waals surface area contributed by atoms with Crippen molar-refractivity contribution >= 4 is 29.4 Å². The topological polar surface area (TPSA) is 92.8 Å². The smallest absolute Gasteiger partial charge is 0.308 e. The predicted molar refractivity (Wildman–Crippen MR) is 97.5 cm³/mol. The number of hydrogen-bond acceptors (Lipinski definition) is 5. The average Bonchev–Trinajstić information content (AvgIpc) is 2.92. The Morgan fingerprint density at radius 2 is 1.82 bits per heavy atom. The molecule has 0 spiro atoms. The maximum absolute atomic E-state index is 13.5. The molecule has 2 atom stereocenters. The third kappa shape index (κ3) is 4.37. The zero-order valence-corrected chi connectivity index (χ0v) is 15.7. The number of nitrogens with one attached hydrogen (secondary N) is 1. The minimum Gasteiger partial charge on any atom is -0.456 e. The van der Waals surface area contributed by atoms with Gasteiger partial charge in [0.05, 0.1) is 18.3 Å². The second-order valence-corrected chi connectivity index (χ2v) is 7.25. The van der Waals surface area contributed by atoms with Gasteiger partial charge in [-0.3, -0.25) is 24.1 Å². The molecule has 1 saturated heterocycles. The third-order valence-corrected chi connectivity index (χ3v) is 5.29. The summed E-state index contributed by atoms with van der Waals surface area (Å²) in [5.41, 5.74) is 0.718. The number of anilines is 1. The summed E-state index contributed by atoms with van der Waals surface area (Å²) in [5.74, 6) is -2.65. The summed E-state index contributed by atoms with van der Waals surface area (Å²) in [7, 11) is 0. The lowest BCUT2D eigenvalue weighted by Gasteiger charge is -2.19. The van der Waals surface area contributed by atoms with Gasteiger partial charge in [0.1, 0.15) is 5.82 Å². The Morgan fingerprint density at radius 3 is 2.43 bits per heavy atom. The average molecular weight is 390 g/mol. The first-order valence-corrected chi connectivity index (χ1v) is 9.43. The van der Waals surface area contributed by atoms with Gasteiger partial charge < -0.3 is 10.1 Å². The van der Waals surface area contributed by atoms with Crippen LogP contribution >= 0.6 is 0 Å². The molecule has 1 aliphatic carbocycles. The number of carbonyl (C=O) groups excluding carboxylic acids is 4. The molecule has 150 valence electrons. The van der Waals surface area contributed by atoms with Gasteiger partial charge in [-0.25, -0.2) is 4.39 Å². The molecule has 3 amide bonds. The molecule has 28 heavy (non-hydrogen) atoms. The minimum atomic E-state index is -0.680. The van der Waals surface area contributed by atoms with Gasteiger partial charge in [-0.2, -0.15) is 0 Å². The van der Waals surface area contributed by atoms with E-state index in [1.165, 1.54) is 12.1 Å². The van der Waals surface area contributed by atoms with E-state index >= 15 is 0 Å². The monoisotopic (exact) mass is 390 g/mol. The van der Waals surface area contributed by atoms with Crippen molar-refractivity contribution in [1.82, 2.24) is 4.90 Å². The van der Waals surface area contributed by atoms with Crippen LogP contribution in [0.25, 0.3) is 0 Å². The fourth-order valence-corrected chi connectivity index (χ4v) is 3.74. The Kier molecular flexibility index (Phi) is 6.06. The summed E-state index contributed by atoms with van der Waals surface area (Å²) >= 11 is 0. The van der Waals surface area contributed by atoms with Gasteiger partial charge in [0.15, 0.2) is 6.61 Å². The highest BCUT2D eigenvalue weighted by Crippen LogP contribution is 2.37. The highest BCUT2D eigenvalue weighted by atomic mass is 19.1. The van der Waals surface area contributed by atoms with Gasteiger partial charge in [-0.05, 0) is 37.5 Å². The molecule has 1 saturated carbocycles. The molecule has 2 aliphatic rings. The number of amides is 3. The van der Waals surface area contributed by atoms with E-state index in [0.717, 1.165) is 30.6 Å². The van der Waals surface area contributed by atoms with Crippen molar-refractivity contribution in [2.24, 2.45) is 11.8 Å². The first-order chi connectivity index (χ1) is 13.4. The molecule has 0 bridgehead atoms. The van der Waals surface area contributed by atoms with Crippen LogP contribution in [-0.2, 0) is 23.9 Å². The van der Waals surface area contributed by atoms with Crippen molar-refractivity contribution in [2.45, 2.75) is 39.0 Å². The van der Waals surface area contributed by atoms with Crippen molar-refractivity contribution in [3.63, 3.8) is 0 Å². The van der Waals surface area contributed by atoms with Crippen LogP contribution < -0.4 is 5.32 Å². The highest BCUT2D eigenvalue weighted by molar-refractivity contribution is 6.05. The Hall–Kier alpha value is -2.77. The van der Waals surface area contributed by atoms with Gasteiger partial charge >= 0.3 is 5.97 Å². The van der Waals surface area contributed by atoms with Crippen LogP contribution in [0.5, 0.6) is 0 Å². The lowest BCUT2D eigenvalue weighted by atomic mass is 9.81. The van der Waals surface area contributed by atoms with E-state index in [9.17, 15) is 23.6 Å². The van der Waals surface area contributed by atoms with Crippen LogP contribution in [0.15, 0.2) is 18.2 Å². The van der Waals surface area contributed by atoms with Crippen molar-refractivity contribution < 1.29 is 28.3 Å². The van der Waals surface area contributed by atoms with Crippen LogP contribution in [0.4, 0.5) is 10.1 Å². The summed E-state index contributed by atoms with van der Waals surface area (Å²) in [4.78, 5) is 49.5. The van der Waals surface area contributed by atoms with Crippen molar-refractivity contribution in [3.8, 4) is 0 Å².